The number of nitrogens with zero attached hydrogens (tertiary/aromatic N) is 3. The molecule has 0 saturated heterocycles. The molecule has 0 aliphatic carbocycles. The third kappa shape index (κ3) is 4.17. The minimum Gasteiger partial charge on any atom is -0.455 e. The molecule has 0 aliphatic rings. The van der Waals surface area contributed by atoms with Gasteiger partial charge in [-0.3, -0.25) is 0 Å². The largest absolute Gasteiger partial charge is 0.455 e. The molecule has 0 N–H and O–H groups in total. The first-order chi connectivity index (χ1) is 25.3. The Hall–Kier alpha value is -6.91. The van der Waals surface area contributed by atoms with Gasteiger partial charge in [-0.15, -0.1) is 0 Å². The molecule has 0 spiro atoms. The van der Waals surface area contributed by atoms with Crippen LogP contribution < -0.4 is 0 Å². The van der Waals surface area contributed by atoms with Gasteiger partial charge < -0.3 is 13.6 Å². The molecule has 0 fully saturated rings. The van der Waals surface area contributed by atoms with Crippen molar-refractivity contribution in [2.24, 2.45) is 0 Å². The van der Waals surface area contributed by atoms with E-state index >= 15 is 0 Å². The molecule has 0 atom stereocenters. The van der Waals surface area contributed by atoms with Crippen molar-refractivity contribution >= 4 is 65.6 Å². The lowest BCUT2D eigenvalue weighted by molar-refractivity contribution is 0.673. The van der Waals surface area contributed by atoms with Gasteiger partial charge in [0.15, 0.2) is 0 Å². The number of hydrogen-bond donors (Lipinski definition) is 0. The molecule has 0 unspecified atom stereocenters. The van der Waals surface area contributed by atoms with E-state index in [4.69, 9.17) is 9.40 Å². The van der Waals surface area contributed by atoms with Crippen molar-refractivity contribution in [2.45, 2.75) is 0 Å². The van der Waals surface area contributed by atoms with Gasteiger partial charge in [-0.25, -0.2) is 4.98 Å². The average Bonchev–Trinajstić information content (AvgIpc) is 3.85. The molecule has 4 aromatic heterocycles. The smallest absolute Gasteiger partial charge is 0.145 e. The summed E-state index contributed by atoms with van der Waals surface area (Å²) < 4.78 is 11.5. The average molecular weight is 652 g/mol. The van der Waals surface area contributed by atoms with Crippen molar-refractivity contribution in [3.63, 3.8) is 0 Å². The number of pyridine rings is 1. The predicted molar refractivity (Wildman–Crippen MR) is 211 cm³/mol. The van der Waals surface area contributed by atoms with Crippen molar-refractivity contribution < 1.29 is 4.42 Å². The summed E-state index contributed by atoms with van der Waals surface area (Å²) in [7, 11) is 0. The summed E-state index contributed by atoms with van der Waals surface area (Å²) in [6.45, 7) is 0. The number of hydrogen-bond acceptors (Lipinski definition) is 2. The van der Waals surface area contributed by atoms with E-state index in [1.165, 1.54) is 10.8 Å². The van der Waals surface area contributed by atoms with Crippen LogP contribution >= 0.6 is 0 Å². The first-order valence-corrected chi connectivity index (χ1v) is 17.3. The maximum Gasteiger partial charge on any atom is 0.145 e. The lowest BCUT2D eigenvalue weighted by Gasteiger charge is -2.10. The topological polar surface area (TPSA) is 35.9 Å². The summed E-state index contributed by atoms with van der Waals surface area (Å²) in [6.07, 6.45) is 0. The standard InChI is InChI=1S/C47H29N3O/c1-4-13-30(14-5-1)39-20-12-21-40(48-39)31-23-25-41-36(27-31)37-28-38-44(29-43(37)49(41)32-15-6-2-7-16-32)50(33-17-8-3-9-18-33)42-26-24-35-34-19-10-11-22-45(34)51-47(35)46(38)42/h1-29H. The molecule has 0 bridgehead atoms. The number of para-hydroxylation sites is 3. The molecule has 0 radical (unpaired) electrons. The van der Waals surface area contributed by atoms with Gasteiger partial charge >= 0.3 is 0 Å². The molecule has 0 saturated carbocycles. The van der Waals surface area contributed by atoms with Crippen LogP contribution in [0.2, 0.25) is 0 Å². The molecule has 4 heteroatoms. The Morgan fingerprint density at radius 2 is 0.980 bits per heavy atom. The lowest BCUT2D eigenvalue weighted by Crippen LogP contribution is -1.95. The summed E-state index contributed by atoms with van der Waals surface area (Å²) in [5.41, 5.74) is 12.7. The quantitative estimate of drug-likeness (QED) is 0.190. The van der Waals surface area contributed by atoms with Gasteiger partial charge in [-0.1, -0.05) is 97.1 Å². The molecule has 238 valence electrons. The fourth-order valence-corrected chi connectivity index (χ4v) is 8.03. The van der Waals surface area contributed by atoms with Crippen LogP contribution in [-0.4, -0.2) is 14.1 Å². The highest BCUT2D eigenvalue weighted by Gasteiger charge is 2.22. The molecule has 4 heterocycles. The van der Waals surface area contributed by atoms with Gasteiger partial charge in [0.2, 0.25) is 0 Å². The second-order valence-corrected chi connectivity index (χ2v) is 13.2. The van der Waals surface area contributed by atoms with Gasteiger partial charge in [0.1, 0.15) is 11.2 Å². The lowest BCUT2D eigenvalue weighted by atomic mass is 10.0. The first kappa shape index (κ1) is 28.0. The number of rotatable bonds is 4. The van der Waals surface area contributed by atoms with Gasteiger partial charge in [0.05, 0.1) is 38.8 Å². The fourth-order valence-electron chi connectivity index (χ4n) is 8.03. The summed E-state index contributed by atoms with van der Waals surface area (Å²) >= 11 is 0. The van der Waals surface area contributed by atoms with Gasteiger partial charge in [-0.2, -0.15) is 0 Å². The van der Waals surface area contributed by atoms with Crippen molar-refractivity contribution in [3.05, 3.63) is 176 Å². The normalized spacial score (nSPS) is 11.9. The maximum absolute atomic E-state index is 6.69. The first-order valence-electron chi connectivity index (χ1n) is 17.3. The molecule has 0 amide bonds. The molecule has 11 rings (SSSR count). The van der Waals surface area contributed by atoms with Crippen molar-refractivity contribution in [2.75, 3.05) is 0 Å². The molecule has 0 aliphatic heterocycles. The number of benzene rings is 7. The van der Waals surface area contributed by atoms with E-state index in [1.807, 2.05) is 12.1 Å². The molecule has 7 aromatic carbocycles. The Kier molecular flexibility index (Phi) is 5.92. The van der Waals surface area contributed by atoms with Gasteiger partial charge in [0, 0.05) is 49.4 Å². The van der Waals surface area contributed by atoms with Crippen molar-refractivity contribution in [1.82, 2.24) is 14.1 Å². The van der Waals surface area contributed by atoms with E-state index in [9.17, 15) is 0 Å². The Labute approximate surface area is 293 Å². The molecule has 4 nitrogen and oxygen atoms in total. The summed E-state index contributed by atoms with van der Waals surface area (Å²) in [5, 5.41) is 6.90. The SMILES string of the molecule is c1ccc(-c2cccc(-c3ccc4c(c3)c3cc5c6c7oc8ccccc8c7ccc6n(-c6ccccc6)c5cc3n4-c3ccccc3)n2)cc1. The summed E-state index contributed by atoms with van der Waals surface area (Å²) in [5.74, 6) is 0. The van der Waals surface area contributed by atoms with Crippen LogP contribution in [0.25, 0.3) is 99.4 Å². The highest BCUT2D eigenvalue weighted by molar-refractivity contribution is 6.27. The second-order valence-electron chi connectivity index (χ2n) is 13.2. The van der Waals surface area contributed by atoms with Crippen LogP contribution in [0.5, 0.6) is 0 Å². The van der Waals surface area contributed by atoms with Crippen LogP contribution in [0.4, 0.5) is 0 Å². The van der Waals surface area contributed by atoms with Crippen LogP contribution in [0, 0.1) is 0 Å². The minimum absolute atomic E-state index is 0.900. The third-order valence-corrected chi connectivity index (χ3v) is 10.3. The van der Waals surface area contributed by atoms with Crippen LogP contribution in [0.3, 0.4) is 0 Å². The van der Waals surface area contributed by atoms with Crippen LogP contribution in [-0.2, 0) is 0 Å². The fraction of sp³-hybridized carbons (Fsp3) is 0. The Morgan fingerprint density at radius 1 is 0.373 bits per heavy atom. The molecular weight excluding hydrogens is 623 g/mol. The van der Waals surface area contributed by atoms with E-state index < -0.39 is 0 Å². The minimum atomic E-state index is 0.900. The number of fused-ring (bicyclic) bond motifs is 10. The van der Waals surface area contributed by atoms with E-state index in [0.29, 0.717) is 0 Å². The predicted octanol–water partition coefficient (Wildman–Crippen LogP) is 12.5. The summed E-state index contributed by atoms with van der Waals surface area (Å²) in [4.78, 5) is 5.13. The zero-order chi connectivity index (χ0) is 33.5. The van der Waals surface area contributed by atoms with Gasteiger partial charge in [0.25, 0.3) is 0 Å². The Morgan fingerprint density at radius 3 is 1.75 bits per heavy atom. The number of aromatic nitrogens is 3. The maximum atomic E-state index is 6.69. The van der Waals surface area contributed by atoms with E-state index in [0.717, 1.165) is 88.7 Å². The zero-order valence-corrected chi connectivity index (χ0v) is 27.5. The summed E-state index contributed by atoms with van der Waals surface area (Å²) in [6, 6.07) is 62.3. The molecule has 11 aromatic rings. The highest BCUT2D eigenvalue weighted by atomic mass is 16.3. The zero-order valence-electron chi connectivity index (χ0n) is 27.5. The third-order valence-electron chi connectivity index (χ3n) is 10.3. The van der Waals surface area contributed by atoms with Crippen LogP contribution in [0.1, 0.15) is 0 Å². The van der Waals surface area contributed by atoms with E-state index in [-0.39, 0.29) is 0 Å². The Balaban J connectivity index is 1.26. The highest BCUT2D eigenvalue weighted by Crippen LogP contribution is 2.44. The monoisotopic (exact) mass is 651 g/mol. The van der Waals surface area contributed by atoms with Crippen LogP contribution in [0.15, 0.2) is 180 Å². The van der Waals surface area contributed by atoms with E-state index in [2.05, 4.69) is 173 Å². The number of furan rings is 1. The van der Waals surface area contributed by atoms with Gasteiger partial charge in [-0.05, 0) is 78.9 Å². The molecule has 51 heavy (non-hydrogen) atoms. The Bertz CT molecular complexity index is 3120. The second kappa shape index (κ2) is 10.8. The van der Waals surface area contributed by atoms with E-state index in [1.54, 1.807) is 0 Å². The molecular formula is C47H29N3O. The van der Waals surface area contributed by atoms with Crippen molar-refractivity contribution in [3.8, 4) is 33.9 Å². The van der Waals surface area contributed by atoms with Crippen molar-refractivity contribution in [1.29, 1.82) is 0 Å².